The first-order valence-corrected chi connectivity index (χ1v) is 9.26. The van der Waals surface area contributed by atoms with Crippen LogP contribution >= 0.6 is 0 Å². The first kappa shape index (κ1) is 14.1. The number of fused-ring (bicyclic) bond motifs is 6. The molecule has 1 unspecified atom stereocenters. The summed E-state index contributed by atoms with van der Waals surface area (Å²) in [7, 11) is 0. The standard InChI is InChI=1S/C24H18N2/c1-2-6-15(7-3-1)16-10-11-18-20-13-19-17-8-4-5-9-21(17)25-23(19)14-24(20)26-22(18)12-16/h1-9,12-14,16,26H,10-11H2. The molecule has 0 spiro atoms. The Morgan fingerprint density at radius 1 is 0.885 bits per heavy atom. The highest BCUT2D eigenvalue weighted by Crippen LogP contribution is 2.35. The van der Waals surface area contributed by atoms with Crippen molar-refractivity contribution in [3.63, 3.8) is 0 Å². The Kier molecular flexibility index (Phi) is 2.81. The molecule has 0 amide bonds. The molecule has 6 rings (SSSR count). The van der Waals surface area contributed by atoms with Gasteiger partial charge in [0.25, 0.3) is 0 Å². The monoisotopic (exact) mass is 334 g/mol. The number of benzene rings is 3. The number of H-pyrrole nitrogens is 1. The minimum absolute atomic E-state index is 0.494. The van der Waals surface area contributed by atoms with E-state index in [0.717, 1.165) is 17.5 Å². The lowest BCUT2D eigenvalue weighted by Gasteiger charge is -2.17. The van der Waals surface area contributed by atoms with E-state index in [2.05, 4.69) is 77.8 Å². The zero-order chi connectivity index (χ0) is 17.1. The summed E-state index contributed by atoms with van der Waals surface area (Å²) in [5.41, 5.74) is 7.67. The van der Waals surface area contributed by atoms with E-state index in [1.165, 1.54) is 44.9 Å². The molecule has 1 aliphatic heterocycles. The maximum atomic E-state index is 4.80. The average Bonchev–Trinajstić information content (AvgIpc) is 3.23. The van der Waals surface area contributed by atoms with E-state index in [9.17, 15) is 0 Å². The molecule has 124 valence electrons. The van der Waals surface area contributed by atoms with E-state index in [-0.39, 0.29) is 0 Å². The van der Waals surface area contributed by atoms with E-state index in [4.69, 9.17) is 4.99 Å². The Hall–Kier alpha value is -3.13. The van der Waals surface area contributed by atoms with Gasteiger partial charge >= 0.3 is 0 Å². The van der Waals surface area contributed by atoms with Gasteiger partial charge in [0, 0.05) is 33.3 Å². The number of nitrogens with one attached hydrogen (secondary N) is 1. The van der Waals surface area contributed by atoms with Crippen molar-refractivity contribution in [2.45, 2.75) is 18.8 Å². The van der Waals surface area contributed by atoms with E-state index in [1.807, 2.05) is 0 Å². The predicted molar refractivity (Wildman–Crippen MR) is 106 cm³/mol. The van der Waals surface area contributed by atoms with Gasteiger partial charge in [-0.05, 0) is 42.2 Å². The second-order valence-corrected chi connectivity index (χ2v) is 7.28. The molecule has 2 heterocycles. The molecule has 0 saturated carbocycles. The third-order valence-corrected chi connectivity index (χ3v) is 5.79. The van der Waals surface area contributed by atoms with E-state index in [0.29, 0.717) is 5.92 Å². The van der Waals surface area contributed by atoms with Crippen molar-refractivity contribution in [2.75, 3.05) is 0 Å². The van der Waals surface area contributed by atoms with Gasteiger partial charge in [-0.2, -0.15) is 0 Å². The Labute approximate surface area is 151 Å². The lowest BCUT2D eigenvalue weighted by Crippen LogP contribution is -2.17. The SMILES string of the molecule is C1=c2[nH]c3cc4c(cc3c2CCC1c1ccccc1)-c1ccccc1N=4. The summed E-state index contributed by atoms with van der Waals surface area (Å²) >= 11 is 0. The van der Waals surface area contributed by atoms with Crippen LogP contribution < -0.4 is 10.7 Å². The molecule has 0 saturated heterocycles. The van der Waals surface area contributed by atoms with Gasteiger partial charge < -0.3 is 4.98 Å². The van der Waals surface area contributed by atoms with Gasteiger partial charge in [-0.1, -0.05) is 54.6 Å². The van der Waals surface area contributed by atoms with Crippen LogP contribution in [0, 0.1) is 0 Å². The van der Waals surface area contributed by atoms with Gasteiger partial charge in [0.2, 0.25) is 0 Å². The number of rotatable bonds is 1. The Balaban J connectivity index is 1.55. The number of aromatic nitrogens is 1. The minimum Gasteiger partial charge on any atom is -0.355 e. The molecule has 4 aromatic rings. The molecular weight excluding hydrogens is 316 g/mol. The van der Waals surface area contributed by atoms with Crippen molar-refractivity contribution < 1.29 is 0 Å². The van der Waals surface area contributed by atoms with Crippen LogP contribution in [0.1, 0.15) is 23.5 Å². The van der Waals surface area contributed by atoms with Gasteiger partial charge in [-0.25, -0.2) is 4.99 Å². The van der Waals surface area contributed by atoms with Crippen LogP contribution in [0.2, 0.25) is 0 Å². The Bertz CT molecular complexity index is 1280. The predicted octanol–water partition coefficient (Wildman–Crippen LogP) is 4.61. The van der Waals surface area contributed by atoms with Crippen molar-refractivity contribution in [1.29, 1.82) is 0 Å². The lowest BCUT2D eigenvalue weighted by atomic mass is 9.87. The van der Waals surface area contributed by atoms with E-state index in [1.54, 1.807) is 0 Å². The summed E-state index contributed by atoms with van der Waals surface area (Å²) in [4.78, 5) is 8.46. The molecule has 1 N–H and O–H groups in total. The number of nitrogens with zero attached hydrogens (tertiary/aromatic N) is 1. The third-order valence-electron chi connectivity index (χ3n) is 5.79. The number of aryl methyl sites for hydroxylation is 1. The summed E-state index contributed by atoms with van der Waals surface area (Å²) in [6, 6.07) is 23.8. The fourth-order valence-corrected chi connectivity index (χ4v) is 4.50. The van der Waals surface area contributed by atoms with Crippen molar-refractivity contribution in [3.05, 3.63) is 88.6 Å². The summed E-state index contributed by atoms with van der Waals surface area (Å²) < 4.78 is 0. The molecular formula is C24H18N2. The lowest BCUT2D eigenvalue weighted by molar-refractivity contribution is 0.741. The number of hydrogen-bond donors (Lipinski definition) is 1. The van der Waals surface area contributed by atoms with Crippen molar-refractivity contribution >= 4 is 22.7 Å². The van der Waals surface area contributed by atoms with Gasteiger partial charge in [-0.3, -0.25) is 0 Å². The molecule has 0 bridgehead atoms. The maximum Gasteiger partial charge on any atom is 0.0737 e. The highest BCUT2D eigenvalue weighted by atomic mass is 14.8. The number of aromatic amines is 1. The topological polar surface area (TPSA) is 28.1 Å². The zero-order valence-electron chi connectivity index (χ0n) is 14.4. The minimum atomic E-state index is 0.494. The van der Waals surface area contributed by atoms with Crippen LogP contribution in [0.4, 0.5) is 5.69 Å². The molecule has 2 heteroatoms. The molecule has 1 atom stereocenters. The summed E-state index contributed by atoms with van der Waals surface area (Å²) in [5.74, 6) is 0.494. The van der Waals surface area contributed by atoms with Crippen LogP contribution in [0.15, 0.2) is 71.7 Å². The first-order chi connectivity index (χ1) is 12.9. The summed E-state index contributed by atoms with van der Waals surface area (Å²) in [6.07, 6.45) is 4.69. The zero-order valence-corrected chi connectivity index (χ0v) is 14.4. The third kappa shape index (κ3) is 1.96. The molecule has 2 aliphatic rings. The highest BCUT2D eigenvalue weighted by molar-refractivity contribution is 5.91. The van der Waals surface area contributed by atoms with Crippen molar-refractivity contribution in [1.82, 2.24) is 4.98 Å². The Morgan fingerprint density at radius 2 is 1.73 bits per heavy atom. The number of para-hydroxylation sites is 1. The molecule has 3 aromatic carbocycles. The summed E-state index contributed by atoms with van der Waals surface area (Å²) in [6.45, 7) is 0. The molecule has 0 fully saturated rings. The molecule has 0 radical (unpaired) electrons. The normalized spacial score (nSPS) is 17.2. The molecule has 26 heavy (non-hydrogen) atoms. The van der Waals surface area contributed by atoms with Gasteiger partial charge in [0.1, 0.15) is 0 Å². The van der Waals surface area contributed by atoms with Gasteiger partial charge in [0.05, 0.1) is 11.0 Å². The fraction of sp³-hybridized carbons (Fsp3) is 0.125. The molecule has 1 aromatic heterocycles. The second-order valence-electron chi connectivity index (χ2n) is 7.28. The van der Waals surface area contributed by atoms with Gasteiger partial charge in [-0.15, -0.1) is 0 Å². The van der Waals surface area contributed by atoms with Crippen molar-refractivity contribution in [3.8, 4) is 11.1 Å². The fourth-order valence-electron chi connectivity index (χ4n) is 4.50. The maximum absolute atomic E-state index is 4.80. The van der Waals surface area contributed by atoms with Gasteiger partial charge in [0.15, 0.2) is 0 Å². The Morgan fingerprint density at radius 3 is 2.65 bits per heavy atom. The smallest absolute Gasteiger partial charge is 0.0737 e. The molecule has 1 aliphatic carbocycles. The van der Waals surface area contributed by atoms with Crippen LogP contribution in [0.5, 0.6) is 0 Å². The summed E-state index contributed by atoms with van der Waals surface area (Å²) in [5, 5.41) is 3.72. The van der Waals surface area contributed by atoms with Crippen LogP contribution in [0.3, 0.4) is 0 Å². The highest BCUT2D eigenvalue weighted by Gasteiger charge is 2.20. The second kappa shape index (κ2) is 5.18. The average molecular weight is 334 g/mol. The molecule has 2 nitrogen and oxygen atoms in total. The number of hydrogen-bond acceptors (Lipinski definition) is 1. The van der Waals surface area contributed by atoms with Crippen LogP contribution in [0.25, 0.3) is 28.1 Å². The first-order valence-electron chi connectivity index (χ1n) is 9.26. The van der Waals surface area contributed by atoms with Crippen molar-refractivity contribution in [2.24, 2.45) is 4.99 Å². The largest absolute Gasteiger partial charge is 0.355 e. The van der Waals surface area contributed by atoms with E-state index >= 15 is 0 Å². The van der Waals surface area contributed by atoms with Crippen LogP contribution in [-0.2, 0) is 6.42 Å². The van der Waals surface area contributed by atoms with E-state index < -0.39 is 0 Å². The quantitative estimate of drug-likeness (QED) is 0.464. The van der Waals surface area contributed by atoms with Crippen LogP contribution in [-0.4, -0.2) is 4.98 Å².